The van der Waals surface area contributed by atoms with Crippen molar-refractivity contribution in [2.24, 2.45) is 10.9 Å². The van der Waals surface area contributed by atoms with Gasteiger partial charge in [-0.05, 0) is 19.4 Å². The lowest BCUT2D eigenvalue weighted by Gasteiger charge is -2.21. The van der Waals surface area contributed by atoms with E-state index in [4.69, 9.17) is 10.9 Å². The van der Waals surface area contributed by atoms with E-state index in [0.717, 1.165) is 17.0 Å². The number of rotatable bonds is 4. The minimum absolute atomic E-state index is 0.0284. The highest BCUT2D eigenvalue weighted by Gasteiger charge is 2.18. The molecule has 20 heavy (non-hydrogen) atoms. The van der Waals surface area contributed by atoms with Crippen molar-refractivity contribution in [3.63, 3.8) is 0 Å². The molecule has 106 valence electrons. The number of hydrogen-bond acceptors (Lipinski definition) is 7. The van der Waals surface area contributed by atoms with Gasteiger partial charge in [0, 0.05) is 12.4 Å². The Morgan fingerprint density at radius 2 is 2.20 bits per heavy atom. The van der Waals surface area contributed by atoms with Gasteiger partial charge in [0.25, 0.3) is 0 Å². The third kappa shape index (κ3) is 2.69. The number of amidine groups is 1. The van der Waals surface area contributed by atoms with Crippen LogP contribution in [-0.2, 0) is 6.54 Å². The van der Waals surface area contributed by atoms with Crippen molar-refractivity contribution in [2.45, 2.75) is 20.4 Å². The SMILES string of the molecule is Cc1nnc(N(C)Cc2cscn2)c(C(N)=NO)c1C. The van der Waals surface area contributed by atoms with Gasteiger partial charge in [0.05, 0.1) is 29.0 Å². The number of thiazole rings is 1. The highest BCUT2D eigenvalue weighted by atomic mass is 32.1. The van der Waals surface area contributed by atoms with Crippen LogP contribution in [0.15, 0.2) is 16.0 Å². The minimum atomic E-state index is 0.0284. The second-order valence-electron chi connectivity index (χ2n) is 4.43. The van der Waals surface area contributed by atoms with Gasteiger partial charge in [-0.15, -0.1) is 16.4 Å². The normalized spacial score (nSPS) is 11.7. The first kappa shape index (κ1) is 14.2. The molecule has 0 saturated carbocycles. The molecule has 2 rings (SSSR count). The maximum atomic E-state index is 8.95. The maximum Gasteiger partial charge on any atom is 0.174 e. The molecule has 0 spiro atoms. The van der Waals surface area contributed by atoms with Crippen LogP contribution in [0, 0.1) is 13.8 Å². The summed E-state index contributed by atoms with van der Waals surface area (Å²) in [6, 6.07) is 0. The van der Waals surface area contributed by atoms with E-state index in [-0.39, 0.29) is 5.84 Å². The van der Waals surface area contributed by atoms with Gasteiger partial charge in [-0.25, -0.2) is 4.98 Å². The van der Waals surface area contributed by atoms with Crippen LogP contribution in [0.2, 0.25) is 0 Å². The van der Waals surface area contributed by atoms with Crippen LogP contribution in [0.3, 0.4) is 0 Å². The fourth-order valence-electron chi connectivity index (χ4n) is 1.85. The lowest BCUT2D eigenvalue weighted by atomic mass is 10.1. The topological polar surface area (TPSA) is 101 Å². The Hall–Kier alpha value is -2.22. The zero-order valence-corrected chi connectivity index (χ0v) is 12.3. The van der Waals surface area contributed by atoms with Crippen molar-refractivity contribution in [3.8, 4) is 0 Å². The highest BCUT2D eigenvalue weighted by Crippen LogP contribution is 2.22. The lowest BCUT2D eigenvalue weighted by molar-refractivity contribution is 0.318. The fraction of sp³-hybridized carbons (Fsp3) is 0.333. The van der Waals surface area contributed by atoms with Gasteiger partial charge in [0.2, 0.25) is 0 Å². The van der Waals surface area contributed by atoms with Gasteiger partial charge < -0.3 is 15.8 Å². The predicted molar refractivity (Wildman–Crippen MR) is 78.2 cm³/mol. The smallest absolute Gasteiger partial charge is 0.174 e. The summed E-state index contributed by atoms with van der Waals surface area (Å²) in [5.41, 5.74) is 10.7. The van der Waals surface area contributed by atoms with Crippen molar-refractivity contribution >= 4 is 23.0 Å². The maximum absolute atomic E-state index is 8.95. The average molecular weight is 292 g/mol. The summed E-state index contributed by atoms with van der Waals surface area (Å²) in [6.45, 7) is 4.28. The van der Waals surface area contributed by atoms with E-state index in [1.807, 2.05) is 31.2 Å². The molecule has 8 heteroatoms. The first-order valence-electron chi connectivity index (χ1n) is 5.94. The van der Waals surface area contributed by atoms with Crippen LogP contribution in [0.1, 0.15) is 22.5 Å². The van der Waals surface area contributed by atoms with E-state index in [0.29, 0.717) is 17.9 Å². The Bertz CT molecular complexity index is 625. The second-order valence-corrected chi connectivity index (χ2v) is 5.15. The molecule has 2 heterocycles. The van der Waals surface area contributed by atoms with Gasteiger partial charge >= 0.3 is 0 Å². The van der Waals surface area contributed by atoms with Gasteiger partial charge in [-0.1, -0.05) is 5.16 Å². The third-order valence-corrected chi connectivity index (χ3v) is 3.68. The number of anilines is 1. The Kier molecular flexibility index (Phi) is 4.14. The third-order valence-electron chi connectivity index (χ3n) is 3.04. The van der Waals surface area contributed by atoms with Crippen LogP contribution in [0.5, 0.6) is 0 Å². The Balaban J connectivity index is 2.43. The quantitative estimate of drug-likeness (QED) is 0.381. The lowest BCUT2D eigenvalue weighted by Crippen LogP contribution is -2.26. The summed E-state index contributed by atoms with van der Waals surface area (Å²) in [5.74, 6) is 0.594. The molecule has 0 unspecified atom stereocenters. The average Bonchev–Trinajstić information content (AvgIpc) is 2.93. The zero-order valence-electron chi connectivity index (χ0n) is 11.5. The molecular formula is C12H16N6OS. The summed E-state index contributed by atoms with van der Waals surface area (Å²) in [7, 11) is 1.87. The molecule has 2 aromatic rings. The zero-order chi connectivity index (χ0) is 14.7. The van der Waals surface area contributed by atoms with Gasteiger partial charge in [0.1, 0.15) is 0 Å². The summed E-state index contributed by atoms with van der Waals surface area (Å²) < 4.78 is 0. The monoisotopic (exact) mass is 292 g/mol. The number of nitrogens with two attached hydrogens (primary N) is 1. The summed E-state index contributed by atoms with van der Waals surface area (Å²) >= 11 is 1.54. The standard InChI is InChI=1S/C12H16N6OS/c1-7-8(2)15-16-12(10(7)11(13)17-19)18(3)4-9-5-20-6-14-9/h5-6,19H,4H2,1-3H3,(H2,13,17). The number of aromatic nitrogens is 3. The van der Waals surface area contributed by atoms with Crippen molar-refractivity contribution < 1.29 is 5.21 Å². The van der Waals surface area contributed by atoms with Crippen LogP contribution < -0.4 is 10.6 Å². The largest absolute Gasteiger partial charge is 0.409 e. The van der Waals surface area contributed by atoms with Crippen molar-refractivity contribution in [2.75, 3.05) is 11.9 Å². The molecule has 7 nitrogen and oxygen atoms in total. The summed E-state index contributed by atoms with van der Waals surface area (Å²) in [6.07, 6.45) is 0. The molecule has 0 aliphatic rings. The molecule has 2 aromatic heterocycles. The van der Waals surface area contributed by atoms with E-state index >= 15 is 0 Å². The van der Waals surface area contributed by atoms with E-state index in [9.17, 15) is 0 Å². The number of aryl methyl sites for hydroxylation is 1. The molecule has 0 aliphatic heterocycles. The molecule has 0 bridgehead atoms. The summed E-state index contributed by atoms with van der Waals surface area (Å²) in [5, 5.41) is 22.3. The van der Waals surface area contributed by atoms with Gasteiger partial charge in [-0.2, -0.15) is 5.10 Å². The van der Waals surface area contributed by atoms with Gasteiger partial charge in [0.15, 0.2) is 11.7 Å². The molecule has 0 aliphatic carbocycles. The molecule has 3 N–H and O–H groups in total. The van der Waals surface area contributed by atoms with Crippen molar-refractivity contribution in [1.82, 2.24) is 15.2 Å². The first-order chi connectivity index (χ1) is 9.54. The Morgan fingerprint density at radius 1 is 1.45 bits per heavy atom. The van der Waals surface area contributed by atoms with E-state index in [1.165, 1.54) is 11.3 Å². The van der Waals surface area contributed by atoms with Crippen LogP contribution >= 0.6 is 11.3 Å². The van der Waals surface area contributed by atoms with E-state index in [1.54, 1.807) is 5.51 Å². The molecule has 0 aromatic carbocycles. The molecule has 0 radical (unpaired) electrons. The predicted octanol–water partition coefficient (Wildman–Crippen LogP) is 1.28. The molecule has 0 amide bonds. The van der Waals surface area contributed by atoms with Crippen molar-refractivity contribution in [3.05, 3.63) is 33.4 Å². The Labute approximate surface area is 120 Å². The number of nitrogens with zero attached hydrogens (tertiary/aromatic N) is 5. The number of oxime groups is 1. The number of hydrogen-bond donors (Lipinski definition) is 2. The van der Waals surface area contributed by atoms with E-state index in [2.05, 4.69) is 20.3 Å². The molecule has 0 atom stereocenters. The summed E-state index contributed by atoms with van der Waals surface area (Å²) in [4.78, 5) is 6.11. The highest BCUT2D eigenvalue weighted by molar-refractivity contribution is 7.07. The first-order valence-corrected chi connectivity index (χ1v) is 6.88. The molecule has 0 fully saturated rings. The fourth-order valence-corrected chi connectivity index (χ4v) is 2.40. The Morgan fingerprint density at radius 3 is 2.80 bits per heavy atom. The molecule has 0 saturated heterocycles. The second kappa shape index (κ2) is 5.83. The van der Waals surface area contributed by atoms with E-state index < -0.39 is 0 Å². The minimum Gasteiger partial charge on any atom is -0.409 e. The van der Waals surface area contributed by atoms with Crippen LogP contribution in [0.4, 0.5) is 5.82 Å². The van der Waals surface area contributed by atoms with Crippen LogP contribution in [0.25, 0.3) is 0 Å². The van der Waals surface area contributed by atoms with Gasteiger partial charge in [-0.3, -0.25) is 0 Å². The van der Waals surface area contributed by atoms with Crippen molar-refractivity contribution in [1.29, 1.82) is 0 Å². The molecular weight excluding hydrogens is 276 g/mol. The van der Waals surface area contributed by atoms with Crippen LogP contribution in [-0.4, -0.2) is 33.3 Å².